The van der Waals surface area contributed by atoms with Crippen LogP contribution in [0.4, 0.5) is 0 Å². The Balaban J connectivity index is 0. The van der Waals surface area contributed by atoms with Crippen molar-refractivity contribution in [1.82, 2.24) is 0 Å². The van der Waals surface area contributed by atoms with Gasteiger partial charge in [0.05, 0.1) is 0 Å². The van der Waals surface area contributed by atoms with Crippen molar-refractivity contribution in [3.63, 3.8) is 0 Å². The second-order valence-corrected chi connectivity index (χ2v) is 2.20. The van der Waals surface area contributed by atoms with E-state index < -0.39 is 5.97 Å². The average Bonchev–Trinajstić information content (AvgIpc) is 1.80. The van der Waals surface area contributed by atoms with Gasteiger partial charge in [-0.05, 0) is 6.42 Å². The van der Waals surface area contributed by atoms with Crippen molar-refractivity contribution < 1.29 is 9.90 Å². The molecule has 0 radical (unpaired) electrons. The summed E-state index contributed by atoms with van der Waals surface area (Å²) in [5, 5.41) is 8.21. The van der Waals surface area contributed by atoms with Crippen LogP contribution < -0.4 is 0 Å². The fourth-order valence-corrected chi connectivity index (χ4v) is 0.703. The fraction of sp³-hybridized carbons (Fsp3) is 0.857. The van der Waals surface area contributed by atoms with E-state index in [0.717, 1.165) is 19.3 Å². The van der Waals surface area contributed by atoms with Gasteiger partial charge in [0.15, 0.2) is 0 Å². The van der Waals surface area contributed by atoms with E-state index in [2.05, 4.69) is 6.92 Å². The van der Waals surface area contributed by atoms with Crippen LogP contribution in [0.2, 0.25) is 0 Å². The molecule has 0 spiro atoms. The Bertz CT molecular complexity index is 83.7. The fourth-order valence-electron chi connectivity index (χ4n) is 0.703. The summed E-state index contributed by atoms with van der Waals surface area (Å²) < 4.78 is 0. The van der Waals surface area contributed by atoms with E-state index in [-0.39, 0.29) is 25.8 Å². The maximum atomic E-state index is 9.96. The van der Waals surface area contributed by atoms with Crippen molar-refractivity contribution in [2.45, 2.75) is 39.0 Å². The van der Waals surface area contributed by atoms with Crippen LogP contribution in [0.3, 0.4) is 0 Å². The van der Waals surface area contributed by atoms with Gasteiger partial charge in [-0.3, -0.25) is 4.79 Å². The van der Waals surface area contributed by atoms with Gasteiger partial charge in [-0.15, -0.1) is 0 Å². The maximum absolute atomic E-state index is 9.96. The second-order valence-electron chi connectivity index (χ2n) is 2.20. The monoisotopic (exact) mass is 248 g/mol. The zero-order valence-corrected chi connectivity index (χ0v) is 5.89. The molecule has 0 aromatic carbocycles. The number of hydrogen-bond acceptors (Lipinski definition) is 1. The van der Waals surface area contributed by atoms with Gasteiger partial charge < -0.3 is 5.11 Å². The summed E-state index contributed by atoms with van der Waals surface area (Å²) in [6, 6.07) is 0. The molecule has 2 nitrogen and oxygen atoms in total. The molecular formula is C7H17InO2. The minimum atomic E-state index is -0.675. The molecule has 3 heteroatoms. The molecule has 10 heavy (non-hydrogen) atoms. The minimum absolute atomic E-state index is 0. The second kappa shape index (κ2) is 9.34. The number of carboxylic acid groups (broad SMARTS) is 1. The van der Waals surface area contributed by atoms with Gasteiger partial charge in [0.2, 0.25) is 0 Å². The van der Waals surface area contributed by atoms with Crippen molar-refractivity contribution >= 4 is 31.8 Å². The SMILES string of the molecule is CCCCCCC(=O)O.[InH3]. The number of carboxylic acids is 1. The number of aliphatic carboxylic acids is 1. The molecule has 0 fully saturated rings. The van der Waals surface area contributed by atoms with Crippen molar-refractivity contribution in [1.29, 1.82) is 0 Å². The van der Waals surface area contributed by atoms with Gasteiger partial charge in [0, 0.05) is 6.42 Å². The summed E-state index contributed by atoms with van der Waals surface area (Å²) in [5.74, 6) is -0.675. The standard InChI is InChI=1S/C7H14O2.In.3H/c1-2-3-4-5-6-7(8)9;;;;/h2-6H2,1H3,(H,8,9);;;;. The van der Waals surface area contributed by atoms with Gasteiger partial charge in [-0.1, -0.05) is 26.2 Å². The van der Waals surface area contributed by atoms with E-state index in [9.17, 15) is 4.79 Å². The third-order valence-corrected chi connectivity index (χ3v) is 1.24. The molecule has 0 aliphatic rings. The molecule has 0 aliphatic heterocycles. The summed E-state index contributed by atoms with van der Waals surface area (Å²) in [6.07, 6.45) is 4.55. The first-order valence-corrected chi connectivity index (χ1v) is 3.49. The van der Waals surface area contributed by atoms with Crippen LogP contribution in [0.15, 0.2) is 0 Å². The molecule has 0 bridgehead atoms. The van der Waals surface area contributed by atoms with Crippen LogP contribution in [0.5, 0.6) is 0 Å². The van der Waals surface area contributed by atoms with Gasteiger partial charge in [-0.2, -0.15) is 0 Å². The molecule has 0 aromatic heterocycles. The van der Waals surface area contributed by atoms with Crippen molar-refractivity contribution in [2.24, 2.45) is 0 Å². The summed E-state index contributed by atoms with van der Waals surface area (Å²) in [4.78, 5) is 9.96. The third-order valence-electron chi connectivity index (χ3n) is 1.24. The van der Waals surface area contributed by atoms with E-state index in [1.54, 1.807) is 0 Å². The summed E-state index contributed by atoms with van der Waals surface area (Å²) in [6.45, 7) is 2.11. The molecule has 60 valence electrons. The number of rotatable bonds is 5. The van der Waals surface area contributed by atoms with Crippen molar-refractivity contribution in [3.05, 3.63) is 0 Å². The Morgan fingerprint density at radius 2 is 1.90 bits per heavy atom. The van der Waals surface area contributed by atoms with Crippen LogP contribution in [0.25, 0.3) is 0 Å². The Kier molecular flexibility index (Phi) is 12.1. The quantitative estimate of drug-likeness (QED) is 0.732. The number of hydrogen-bond donors (Lipinski definition) is 1. The molecule has 0 amide bonds. The Hall–Kier alpha value is 0.340. The molecule has 0 atom stereocenters. The number of carbonyl (C=O) groups is 1. The molecule has 0 heterocycles. The van der Waals surface area contributed by atoms with E-state index in [1.165, 1.54) is 6.42 Å². The molecule has 0 unspecified atom stereocenters. The van der Waals surface area contributed by atoms with Crippen LogP contribution in [-0.2, 0) is 4.79 Å². The Morgan fingerprint density at radius 1 is 1.30 bits per heavy atom. The van der Waals surface area contributed by atoms with E-state index in [4.69, 9.17) is 5.11 Å². The van der Waals surface area contributed by atoms with Gasteiger partial charge in [0.25, 0.3) is 0 Å². The topological polar surface area (TPSA) is 37.3 Å². The molecular weight excluding hydrogens is 231 g/mol. The predicted molar refractivity (Wildman–Crippen MR) is 46.3 cm³/mol. The summed E-state index contributed by atoms with van der Waals surface area (Å²) in [7, 11) is 0. The average molecular weight is 248 g/mol. The molecule has 1 N–H and O–H groups in total. The van der Waals surface area contributed by atoms with E-state index in [1.807, 2.05) is 0 Å². The van der Waals surface area contributed by atoms with E-state index in [0.29, 0.717) is 6.42 Å². The van der Waals surface area contributed by atoms with Gasteiger partial charge in [-0.25, -0.2) is 0 Å². The van der Waals surface area contributed by atoms with Gasteiger partial charge in [0.1, 0.15) is 0 Å². The van der Waals surface area contributed by atoms with Crippen LogP contribution in [0, 0.1) is 0 Å². The van der Waals surface area contributed by atoms with Crippen molar-refractivity contribution in [3.8, 4) is 0 Å². The zero-order chi connectivity index (χ0) is 7.11. The van der Waals surface area contributed by atoms with E-state index >= 15 is 0 Å². The third kappa shape index (κ3) is 11.2. The molecule has 0 rings (SSSR count). The predicted octanol–water partition coefficient (Wildman–Crippen LogP) is 0.857. The molecule has 0 aromatic rings. The van der Waals surface area contributed by atoms with Crippen LogP contribution in [-0.4, -0.2) is 36.9 Å². The Labute approximate surface area is 80.8 Å². The summed E-state index contributed by atoms with van der Waals surface area (Å²) >= 11 is 0. The first-order chi connectivity index (χ1) is 4.27. The first-order valence-electron chi connectivity index (χ1n) is 3.49. The number of unbranched alkanes of at least 4 members (excludes halogenated alkanes) is 3. The van der Waals surface area contributed by atoms with Gasteiger partial charge >= 0.3 is 31.8 Å². The summed E-state index contributed by atoms with van der Waals surface area (Å²) in [5.41, 5.74) is 0. The molecule has 0 aliphatic carbocycles. The Morgan fingerprint density at radius 3 is 2.30 bits per heavy atom. The zero-order valence-electron chi connectivity index (χ0n) is 5.89. The van der Waals surface area contributed by atoms with Crippen LogP contribution >= 0.6 is 0 Å². The first kappa shape index (κ1) is 13.0. The van der Waals surface area contributed by atoms with Crippen molar-refractivity contribution in [2.75, 3.05) is 0 Å². The normalized spacial score (nSPS) is 8.50. The van der Waals surface area contributed by atoms with Crippen LogP contribution in [0.1, 0.15) is 39.0 Å². The molecule has 0 saturated heterocycles. The molecule has 0 saturated carbocycles.